The summed E-state index contributed by atoms with van der Waals surface area (Å²) in [5.74, 6) is 0.649. The van der Waals surface area contributed by atoms with Crippen LogP contribution in [0.5, 0.6) is 5.75 Å². The van der Waals surface area contributed by atoms with Crippen molar-refractivity contribution in [3.63, 3.8) is 0 Å². The number of aryl methyl sites for hydroxylation is 3. The zero-order valence-corrected chi connectivity index (χ0v) is 15.1. The molecule has 1 amide bonds. The maximum absolute atomic E-state index is 12.5. The van der Waals surface area contributed by atoms with Crippen LogP contribution in [0.2, 0.25) is 0 Å². The molecule has 1 N–H and O–H groups in total. The van der Waals surface area contributed by atoms with Crippen molar-refractivity contribution in [2.75, 3.05) is 18.5 Å². The average Bonchev–Trinajstić information content (AvgIpc) is 3.10. The van der Waals surface area contributed by atoms with Gasteiger partial charge in [-0.15, -0.1) is 0 Å². The Morgan fingerprint density at radius 1 is 1.16 bits per heavy atom. The molecule has 1 heterocycles. The molecule has 4 nitrogen and oxygen atoms in total. The normalized spacial score (nSPS) is 16.7. The summed E-state index contributed by atoms with van der Waals surface area (Å²) in [6, 6.07) is 11.4. The van der Waals surface area contributed by atoms with E-state index in [1.807, 2.05) is 26.0 Å². The van der Waals surface area contributed by atoms with Gasteiger partial charge in [-0.2, -0.15) is 0 Å². The number of benzene rings is 2. The molecule has 2 aromatic rings. The van der Waals surface area contributed by atoms with Gasteiger partial charge in [0.2, 0.25) is 0 Å². The molecule has 0 saturated carbocycles. The summed E-state index contributed by atoms with van der Waals surface area (Å²) in [5.41, 5.74) is 4.84. The van der Waals surface area contributed by atoms with Gasteiger partial charge < -0.3 is 14.8 Å². The molecule has 132 valence electrons. The van der Waals surface area contributed by atoms with Crippen LogP contribution in [-0.4, -0.2) is 25.2 Å². The van der Waals surface area contributed by atoms with Gasteiger partial charge in [-0.25, -0.2) is 0 Å². The Kier molecular flexibility index (Phi) is 5.39. The van der Waals surface area contributed by atoms with Gasteiger partial charge in [0.25, 0.3) is 5.91 Å². The number of carbonyl (C=O) groups excluding carboxylic acids is 1. The van der Waals surface area contributed by atoms with Gasteiger partial charge in [0.05, 0.1) is 6.10 Å². The highest BCUT2D eigenvalue weighted by atomic mass is 16.5. The van der Waals surface area contributed by atoms with Gasteiger partial charge in [-0.3, -0.25) is 4.79 Å². The lowest BCUT2D eigenvalue weighted by Gasteiger charge is -2.14. The van der Waals surface area contributed by atoms with Gasteiger partial charge in [0.15, 0.2) is 0 Å². The second-order valence-electron chi connectivity index (χ2n) is 6.70. The number of hydrogen-bond donors (Lipinski definition) is 1. The molecule has 0 spiro atoms. The maximum Gasteiger partial charge on any atom is 0.255 e. The Morgan fingerprint density at radius 3 is 2.44 bits per heavy atom. The summed E-state index contributed by atoms with van der Waals surface area (Å²) in [5, 5.41) is 3.02. The number of rotatable bonds is 5. The number of hydrogen-bond acceptors (Lipinski definition) is 3. The first-order valence-electron chi connectivity index (χ1n) is 8.76. The predicted molar refractivity (Wildman–Crippen MR) is 99.5 cm³/mol. The highest BCUT2D eigenvalue weighted by Gasteiger charge is 2.16. The molecule has 0 bridgehead atoms. The van der Waals surface area contributed by atoms with E-state index in [0.717, 1.165) is 42.0 Å². The van der Waals surface area contributed by atoms with E-state index >= 15 is 0 Å². The lowest BCUT2D eigenvalue weighted by Crippen LogP contribution is -2.16. The van der Waals surface area contributed by atoms with E-state index in [1.165, 1.54) is 5.56 Å². The topological polar surface area (TPSA) is 47.6 Å². The molecule has 3 rings (SSSR count). The second-order valence-corrected chi connectivity index (χ2v) is 6.70. The number of nitrogens with one attached hydrogen (secondary N) is 1. The average molecular weight is 339 g/mol. The largest absolute Gasteiger partial charge is 0.491 e. The zero-order valence-electron chi connectivity index (χ0n) is 15.1. The Morgan fingerprint density at radius 2 is 1.84 bits per heavy atom. The van der Waals surface area contributed by atoms with E-state index in [0.29, 0.717) is 12.2 Å². The third-order valence-corrected chi connectivity index (χ3v) is 4.49. The number of ether oxygens (including phenoxy) is 2. The number of anilines is 1. The highest BCUT2D eigenvalue weighted by Crippen LogP contribution is 2.23. The van der Waals surface area contributed by atoms with Crippen molar-refractivity contribution in [3.8, 4) is 5.75 Å². The van der Waals surface area contributed by atoms with Crippen LogP contribution in [0, 0.1) is 20.8 Å². The van der Waals surface area contributed by atoms with Crippen LogP contribution in [-0.2, 0) is 4.74 Å². The molecule has 1 aliphatic rings. The standard InChI is InChI=1S/C21H25NO3/c1-14-11-15(2)20(16(3)12-14)22-21(23)17-6-8-18(9-7-17)25-13-19-5-4-10-24-19/h6-9,11-12,19H,4-5,10,13H2,1-3H3,(H,22,23). The summed E-state index contributed by atoms with van der Waals surface area (Å²) in [7, 11) is 0. The van der Waals surface area contributed by atoms with Crippen molar-refractivity contribution in [1.29, 1.82) is 0 Å². The Hall–Kier alpha value is -2.33. The van der Waals surface area contributed by atoms with Gasteiger partial charge in [-0.1, -0.05) is 17.7 Å². The molecular weight excluding hydrogens is 314 g/mol. The Labute approximate surface area is 149 Å². The highest BCUT2D eigenvalue weighted by molar-refractivity contribution is 6.05. The number of amides is 1. The minimum atomic E-state index is -0.110. The van der Waals surface area contributed by atoms with Crippen LogP contribution in [0.4, 0.5) is 5.69 Å². The third-order valence-electron chi connectivity index (χ3n) is 4.49. The van der Waals surface area contributed by atoms with Crippen LogP contribution in [0.3, 0.4) is 0 Å². The minimum Gasteiger partial charge on any atom is -0.491 e. The molecule has 1 saturated heterocycles. The first kappa shape index (κ1) is 17.5. The van der Waals surface area contributed by atoms with Crippen molar-refractivity contribution in [1.82, 2.24) is 0 Å². The van der Waals surface area contributed by atoms with Crippen LogP contribution in [0.15, 0.2) is 36.4 Å². The minimum absolute atomic E-state index is 0.110. The van der Waals surface area contributed by atoms with Crippen molar-refractivity contribution >= 4 is 11.6 Å². The number of carbonyl (C=O) groups is 1. The fourth-order valence-corrected chi connectivity index (χ4v) is 3.23. The lowest BCUT2D eigenvalue weighted by atomic mass is 10.0. The van der Waals surface area contributed by atoms with Gasteiger partial charge in [0.1, 0.15) is 12.4 Å². The van der Waals surface area contributed by atoms with Crippen LogP contribution in [0.1, 0.15) is 39.9 Å². The molecule has 4 heteroatoms. The maximum atomic E-state index is 12.5. The monoisotopic (exact) mass is 339 g/mol. The van der Waals surface area contributed by atoms with Crippen LogP contribution in [0.25, 0.3) is 0 Å². The molecule has 1 atom stereocenters. The quantitative estimate of drug-likeness (QED) is 0.877. The molecule has 1 aliphatic heterocycles. The van der Waals surface area contributed by atoms with E-state index in [9.17, 15) is 4.79 Å². The van der Waals surface area contributed by atoms with Crippen LogP contribution >= 0.6 is 0 Å². The van der Waals surface area contributed by atoms with Crippen molar-refractivity contribution < 1.29 is 14.3 Å². The molecule has 0 aliphatic carbocycles. The van der Waals surface area contributed by atoms with Gasteiger partial charge >= 0.3 is 0 Å². The molecule has 1 unspecified atom stereocenters. The smallest absolute Gasteiger partial charge is 0.255 e. The first-order chi connectivity index (χ1) is 12.0. The van der Waals surface area contributed by atoms with E-state index in [2.05, 4.69) is 24.4 Å². The fourth-order valence-electron chi connectivity index (χ4n) is 3.23. The van der Waals surface area contributed by atoms with Gasteiger partial charge in [0, 0.05) is 17.9 Å². The van der Waals surface area contributed by atoms with Crippen LogP contribution < -0.4 is 10.1 Å². The van der Waals surface area contributed by atoms with E-state index < -0.39 is 0 Å². The predicted octanol–water partition coefficient (Wildman–Crippen LogP) is 4.42. The summed E-state index contributed by atoms with van der Waals surface area (Å²) >= 11 is 0. The molecule has 0 radical (unpaired) electrons. The lowest BCUT2D eigenvalue weighted by molar-refractivity contribution is 0.0679. The molecule has 1 fully saturated rings. The summed E-state index contributed by atoms with van der Waals surface area (Å²) in [6.45, 7) is 7.47. The molecule has 25 heavy (non-hydrogen) atoms. The van der Waals surface area contributed by atoms with E-state index in [-0.39, 0.29) is 12.0 Å². The Bertz CT molecular complexity index is 723. The van der Waals surface area contributed by atoms with E-state index in [4.69, 9.17) is 9.47 Å². The summed E-state index contributed by atoms with van der Waals surface area (Å²) < 4.78 is 11.3. The summed E-state index contributed by atoms with van der Waals surface area (Å²) in [6.07, 6.45) is 2.34. The van der Waals surface area contributed by atoms with Crippen molar-refractivity contribution in [2.24, 2.45) is 0 Å². The molecule has 0 aromatic heterocycles. The third kappa shape index (κ3) is 4.40. The molecular formula is C21H25NO3. The second kappa shape index (κ2) is 7.70. The first-order valence-corrected chi connectivity index (χ1v) is 8.76. The Balaban J connectivity index is 1.62. The SMILES string of the molecule is Cc1cc(C)c(NC(=O)c2ccc(OCC3CCCO3)cc2)c(C)c1. The zero-order chi connectivity index (χ0) is 17.8. The van der Waals surface area contributed by atoms with E-state index in [1.54, 1.807) is 12.1 Å². The molecule has 2 aromatic carbocycles. The summed E-state index contributed by atoms with van der Waals surface area (Å²) in [4.78, 5) is 12.5. The van der Waals surface area contributed by atoms with Crippen molar-refractivity contribution in [2.45, 2.75) is 39.7 Å². The van der Waals surface area contributed by atoms with Crippen molar-refractivity contribution in [3.05, 3.63) is 58.7 Å². The van der Waals surface area contributed by atoms with Gasteiger partial charge in [-0.05, 0) is 69.0 Å². The fraction of sp³-hybridized carbons (Fsp3) is 0.381.